The van der Waals surface area contributed by atoms with Gasteiger partial charge in [0.2, 0.25) is 5.88 Å². The van der Waals surface area contributed by atoms with Gasteiger partial charge in [0.05, 0.1) is 18.1 Å². The third-order valence-electron chi connectivity index (χ3n) is 2.10. The Morgan fingerprint density at radius 3 is 2.94 bits per heavy atom. The van der Waals surface area contributed by atoms with Gasteiger partial charge in [-0.05, 0) is 18.6 Å². The van der Waals surface area contributed by atoms with Gasteiger partial charge in [-0.15, -0.1) is 0 Å². The molecule has 0 spiro atoms. The molecular formula is C11H11N3O2. The number of aromatic nitrogens is 2. The maximum Gasteiger partial charge on any atom is 0.254 e. The number of nitrogens with zero attached hydrogens (tertiary/aromatic N) is 1. The summed E-state index contributed by atoms with van der Waals surface area (Å²) in [7, 11) is 0. The quantitative estimate of drug-likeness (QED) is 0.746. The second kappa shape index (κ2) is 4.06. The second-order valence-corrected chi connectivity index (χ2v) is 3.34. The van der Waals surface area contributed by atoms with Crippen molar-refractivity contribution in [2.75, 3.05) is 5.73 Å². The van der Waals surface area contributed by atoms with Gasteiger partial charge in [-0.2, -0.15) is 0 Å². The topological polar surface area (TPSA) is 81.0 Å². The van der Waals surface area contributed by atoms with Gasteiger partial charge in [0.25, 0.3) is 5.56 Å². The average Bonchev–Trinajstić information content (AvgIpc) is 2.24. The van der Waals surface area contributed by atoms with Crippen LogP contribution in [-0.2, 0) is 0 Å². The zero-order chi connectivity index (χ0) is 11.5. The van der Waals surface area contributed by atoms with E-state index in [2.05, 4.69) is 9.97 Å². The summed E-state index contributed by atoms with van der Waals surface area (Å²) in [4.78, 5) is 17.3. The molecule has 0 bridgehead atoms. The van der Waals surface area contributed by atoms with Crippen LogP contribution in [-0.4, -0.2) is 9.97 Å². The van der Waals surface area contributed by atoms with Crippen molar-refractivity contribution in [1.29, 1.82) is 0 Å². The van der Waals surface area contributed by atoms with Gasteiger partial charge in [-0.1, -0.05) is 12.1 Å². The second-order valence-electron chi connectivity index (χ2n) is 3.34. The molecule has 1 aromatic heterocycles. The van der Waals surface area contributed by atoms with Crippen molar-refractivity contribution in [3.05, 3.63) is 46.5 Å². The number of ether oxygens (including phenoxy) is 1. The number of hydrogen-bond donors (Lipinski definition) is 2. The lowest BCUT2D eigenvalue weighted by atomic mass is 10.2. The number of para-hydroxylation sites is 1. The molecule has 0 atom stereocenters. The Hall–Kier alpha value is -2.30. The van der Waals surface area contributed by atoms with Crippen molar-refractivity contribution < 1.29 is 4.74 Å². The summed E-state index contributed by atoms with van der Waals surface area (Å²) in [5.74, 6) is 0.755. The highest BCUT2D eigenvalue weighted by atomic mass is 16.5. The molecule has 0 unspecified atom stereocenters. The number of anilines is 1. The van der Waals surface area contributed by atoms with Crippen LogP contribution in [0.1, 0.15) is 5.56 Å². The predicted octanol–water partition coefficient (Wildman–Crippen LogP) is 1.45. The molecule has 2 rings (SSSR count). The lowest BCUT2D eigenvalue weighted by molar-refractivity contribution is 0.459. The standard InChI is InChI=1S/C11H11N3O2/c1-7-3-2-4-8(12)11(7)16-10-5-9(15)13-6-14-10/h2-6H,12H2,1H3,(H,13,14,15). The van der Waals surface area contributed by atoms with Gasteiger partial charge >= 0.3 is 0 Å². The highest BCUT2D eigenvalue weighted by Crippen LogP contribution is 2.28. The normalized spacial score (nSPS) is 10.1. The number of nitrogen functional groups attached to an aromatic ring is 1. The molecule has 0 radical (unpaired) electrons. The van der Waals surface area contributed by atoms with Crippen molar-refractivity contribution in [2.45, 2.75) is 6.92 Å². The number of hydrogen-bond acceptors (Lipinski definition) is 4. The molecule has 3 N–H and O–H groups in total. The fraction of sp³-hybridized carbons (Fsp3) is 0.0909. The fourth-order valence-corrected chi connectivity index (χ4v) is 1.33. The van der Waals surface area contributed by atoms with Gasteiger partial charge in [0.15, 0.2) is 5.75 Å². The number of aryl methyl sites for hydroxylation is 1. The Morgan fingerprint density at radius 2 is 2.25 bits per heavy atom. The molecule has 5 nitrogen and oxygen atoms in total. The first-order valence-electron chi connectivity index (χ1n) is 4.74. The number of aromatic amines is 1. The van der Waals surface area contributed by atoms with Crippen molar-refractivity contribution in [3.8, 4) is 11.6 Å². The van der Waals surface area contributed by atoms with Crippen molar-refractivity contribution in [3.63, 3.8) is 0 Å². The summed E-state index contributed by atoms with van der Waals surface area (Å²) in [5.41, 5.74) is 6.91. The van der Waals surface area contributed by atoms with Crippen LogP contribution in [0, 0.1) is 6.92 Å². The maximum atomic E-state index is 11.0. The minimum atomic E-state index is -0.267. The van der Waals surface area contributed by atoms with Gasteiger partial charge in [-0.3, -0.25) is 4.79 Å². The molecular weight excluding hydrogens is 206 g/mol. The van der Waals surface area contributed by atoms with Crippen LogP contribution in [0.15, 0.2) is 35.4 Å². The minimum absolute atomic E-state index is 0.227. The molecule has 0 saturated heterocycles. The van der Waals surface area contributed by atoms with E-state index < -0.39 is 0 Å². The summed E-state index contributed by atoms with van der Waals surface area (Å²) in [6, 6.07) is 6.71. The number of nitrogens with one attached hydrogen (secondary N) is 1. The number of rotatable bonds is 2. The first-order chi connectivity index (χ1) is 7.66. The summed E-state index contributed by atoms with van der Waals surface area (Å²) in [5, 5.41) is 0. The minimum Gasteiger partial charge on any atom is -0.436 e. The van der Waals surface area contributed by atoms with Crippen LogP contribution in [0.25, 0.3) is 0 Å². The van der Waals surface area contributed by atoms with Crippen LogP contribution >= 0.6 is 0 Å². The lowest BCUT2D eigenvalue weighted by Gasteiger charge is -2.09. The van der Waals surface area contributed by atoms with Gasteiger partial charge in [0, 0.05) is 0 Å². The first kappa shape index (κ1) is 10.2. The molecule has 5 heteroatoms. The number of nitrogens with two attached hydrogens (primary N) is 1. The molecule has 16 heavy (non-hydrogen) atoms. The van der Waals surface area contributed by atoms with Crippen molar-refractivity contribution in [1.82, 2.24) is 9.97 Å². The average molecular weight is 217 g/mol. The monoisotopic (exact) mass is 217 g/mol. The zero-order valence-electron chi connectivity index (χ0n) is 8.73. The Balaban J connectivity index is 2.38. The molecule has 2 aromatic rings. The number of benzene rings is 1. The van der Waals surface area contributed by atoms with E-state index >= 15 is 0 Å². The van der Waals surface area contributed by atoms with E-state index in [1.165, 1.54) is 12.4 Å². The van der Waals surface area contributed by atoms with Crippen LogP contribution in [0.3, 0.4) is 0 Å². The van der Waals surface area contributed by atoms with E-state index in [0.29, 0.717) is 11.4 Å². The van der Waals surface area contributed by atoms with Crippen molar-refractivity contribution in [2.24, 2.45) is 0 Å². The summed E-state index contributed by atoms with van der Waals surface area (Å²) in [6.07, 6.45) is 1.28. The molecule has 0 fully saturated rings. The first-order valence-corrected chi connectivity index (χ1v) is 4.74. The Labute approximate surface area is 91.9 Å². The Kier molecular flexibility index (Phi) is 2.59. The predicted molar refractivity (Wildman–Crippen MR) is 60.5 cm³/mol. The maximum absolute atomic E-state index is 11.0. The highest BCUT2D eigenvalue weighted by Gasteiger charge is 2.06. The molecule has 0 aliphatic heterocycles. The SMILES string of the molecule is Cc1cccc(N)c1Oc1cc(=O)[nH]cn1. The molecule has 0 aliphatic rings. The van der Waals surface area contributed by atoms with E-state index in [1.54, 1.807) is 6.07 Å². The molecule has 0 saturated carbocycles. The Morgan fingerprint density at radius 1 is 1.44 bits per heavy atom. The number of H-pyrrole nitrogens is 1. The fourth-order valence-electron chi connectivity index (χ4n) is 1.33. The van der Waals surface area contributed by atoms with E-state index in [4.69, 9.17) is 10.5 Å². The van der Waals surface area contributed by atoms with E-state index in [-0.39, 0.29) is 11.4 Å². The van der Waals surface area contributed by atoms with Gasteiger partial charge in [0.1, 0.15) is 0 Å². The third-order valence-corrected chi connectivity index (χ3v) is 2.10. The smallest absolute Gasteiger partial charge is 0.254 e. The van der Waals surface area contributed by atoms with Crippen LogP contribution in [0.2, 0.25) is 0 Å². The summed E-state index contributed by atoms with van der Waals surface area (Å²) >= 11 is 0. The Bertz CT molecular complexity index is 543. The molecule has 1 aromatic carbocycles. The van der Waals surface area contributed by atoms with Crippen LogP contribution in [0.5, 0.6) is 11.6 Å². The summed E-state index contributed by atoms with van der Waals surface area (Å²) < 4.78 is 5.46. The van der Waals surface area contributed by atoms with Crippen LogP contribution in [0.4, 0.5) is 5.69 Å². The lowest BCUT2D eigenvalue weighted by Crippen LogP contribution is -2.05. The third kappa shape index (κ3) is 2.03. The highest BCUT2D eigenvalue weighted by molar-refractivity contribution is 5.57. The van der Waals surface area contributed by atoms with E-state index in [0.717, 1.165) is 5.56 Å². The zero-order valence-corrected chi connectivity index (χ0v) is 8.73. The van der Waals surface area contributed by atoms with E-state index in [9.17, 15) is 4.79 Å². The van der Waals surface area contributed by atoms with Crippen molar-refractivity contribution >= 4 is 5.69 Å². The molecule has 1 heterocycles. The van der Waals surface area contributed by atoms with Gasteiger partial charge < -0.3 is 15.5 Å². The van der Waals surface area contributed by atoms with Gasteiger partial charge in [-0.25, -0.2) is 4.98 Å². The van der Waals surface area contributed by atoms with Crippen LogP contribution < -0.4 is 16.0 Å². The summed E-state index contributed by atoms with van der Waals surface area (Å²) in [6.45, 7) is 1.87. The molecule has 0 amide bonds. The molecule has 82 valence electrons. The molecule has 0 aliphatic carbocycles. The largest absolute Gasteiger partial charge is 0.436 e. The van der Waals surface area contributed by atoms with E-state index in [1.807, 2.05) is 19.1 Å².